The number of aromatic nitrogens is 1. The van der Waals surface area contributed by atoms with Crippen molar-refractivity contribution in [3.63, 3.8) is 0 Å². The van der Waals surface area contributed by atoms with Crippen molar-refractivity contribution in [3.8, 4) is 5.75 Å². The van der Waals surface area contributed by atoms with Gasteiger partial charge in [-0.1, -0.05) is 18.2 Å². The minimum absolute atomic E-state index is 0.602. The van der Waals surface area contributed by atoms with Crippen molar-refractivity contribution in [1.29, 1.82) is 0 Å². The van der Waals surface area contributed by atoms with Gasteiger partial charge in [0, 0.05) is 24.3 Å². The second-order valence-electron chi connectivity index (χ2n) is 4.52. The molecule has 0 atom stereocenters. The van der Waals surface area contributed by atoms with Gasteiger partial charge in [0.15, 0.2) is 0 Å². The predicted octanol–water partition coefficient (Wildman–Crippen LogP) is 2.97. The Morgan fingerprint density at radius 2 is 2.22 bits per heavy atom. The zero-order valence-corrected chi connectivity index (χ0v) is 11.0. The monoisotopic (exact) mass is 260 g/mol. The summed E-state index contributed by atoms with van der Waals surface area (Å²) < 4.78 is 5.86. The van der Waals surface area contributed by atoms with Gasteiger partial charge in [0.25, 0.3) is 0 Å². The maximum atomic E-state index is 5.86. The minimum atomic E-state index is 0.602. The summed E-state index contributed by atoms with van der Waals surface area (Å²) >= 11 is 1.62. The van der Waals surface area contributed by atoms with E-state index >= 15 is 0 Å². The van der Waals surface area contributed by atoms with Crippen LogP contribution in [0.5, 0.6) is 5.75 Å². The highest BCUT2D eigenvalue weighted by atomic mass is 32.1. The largest absolute Gasteiger partial charge is 0.488 e. The van der Waals surface area contributed by atoms with E-state index in [0.29, 0.717) is 6.61 Å². The maximum Gasteiger partial charge on any atom is 0.124 e. The standard InChI is InChI=1S/C14H16N2OS/c1-2-4-14(17-9-13-8-15-10-18-13)11(3-1)7-16-12-5-6-12/h1-4,8,10,12,16H,5-7,9H2. The van der Waals surface area contributed by atoms with Crippen LogP contribution in [0.1, 0.15) is 23.3 Å². The van der Waals surface area contributed by atoms with Crippen LogP contribution in [0.25, 0.3) is 0 Å². The van der Waals surface area contributed by atoms with Gasteiger partial charge in [-0.25, -0.2) is 0 Å². The summed E-state index contributed by atoms with van der Waals surface area (Å²) in [6, 6.07) is 8.95. The summed E-state index contributed by atoms with van der Waals surface area (Å²) in [4.78, 5) is 5.20. The first-order valence-corrected chi connectivity index (χ1v) is 7.11. The second kappa shape index (κ2) is 5.50. The molecule has 1 aromatic carbocycles. The molecule has 0 spiro atoms. The molecule has 18 heavy (non-hydrogen) atoms. The first-order chi connectivity index (χ1) is 8.92. The van der Waals surface area contributed by atoms with Gasteiger partial charge >= 0.3 is 0 Å². The fourth-order valence-electron chi connectivity index (χ4n) is 1.79. The van der Waals surface area contributed by atoms with Gasteiger partial charge < -0.3 is 10.1 Å². The highest BCUT2D eigenvalue weighted by molar-refractivity contribution is 7.09. The van der Waals surface area contributed by atoms with Crippen LogP contribution in [-0.2, 0) is 13.2 Å². The lowest BCUT2D eigenvalue weighted by atomic mass is 10.2. The highest BCUT2D eigenvalue weighted by Crippen LogP contribution is 2.23. The molecule has 1 N–H and O–H groups in total. The lowest BCUT2D eigenvalue weighted by molar-refractivity contribution is 0.305. The van der Waals surface area contributed by atoms with E-state index in [2.05, 4.69) is 22.4 Å². The summed E-state index contributed by atoms with van der Waals surface area (Å²) in [6.45, 7) is 1.49. The van der Waals surface area contributed by atoms with Gasteiger partial charge in [-0.2, -0.15) is 0 Å². The Morgan fingerprint density at radius 1 is 1.33 bits per heavy atom. The van der Waals surface area contributed by atoms with Gasteiger partial charge in [-0.05, 0) is 18.9 Å². The molecule has 0 unspecified atom stereocenters. The number of hydrogen-bond donors (Lipinski definition) is 1. The molecule has 0 bridgehead atoms. The third-order valence-corrected chi connectivity index (χ3v) is 3.74. The molecule has 94 valence electrons. The molecular weight excluding hydrogens is 244 g/mol. The summed E-state index contributed by atoms with van der Waals surface area (Å²) in [5, 5.41) is 3.52. The first-order valence-electron chi connectivity index (χ1n) is 6.23. The van der Waals surface area contributed by atoms with Crippen LogP contribution in [-0.4, -0.2) is 11.0 Å². The van der Waals surface area contributed by atoms with Crippen LogP contribution < -0.4 is 10.1 Å². The quantitative estimate of drug-likeness (QED) is 0.867. The smallest absolute Gasteiger partial charge is 0.124 e. The van der Waals surface area contributed by atoms with E-state index in [1.54, 1.807) is 11.3 Å². The van der Waals surface area contributed by atoms with Crippen molar-refractivity contribution in [2.24, 2.45) is 0 Å². The van der Waals surface area contributed by atoms with Crippen LogP contribution >= 0.6 is 11.3 Å². The third kappa shape index (κ3) is 3.09. The zero-order chi connectivity index (χ0) is 12.2. The number of benzene rings is 1. The summed E-state index contributed by atoms with van der Waals surface area (Å²) in [5.74, 6) is 0.971. The molecule has 0 aliphatic heterocycles. The second-order valence-corrected chi connectivity index (χ2v) is 5.49. The predicted molar refractivity (Wildman–Crippen MR) is 72.7 cm³/mol. The van der Waals surface area contributed by atoms with Gasteiger partial charge in [-0.15, -0.1) is 11.3 Å². The van der Waals surface area contributed by atoms with E-state index in [0.717, 1.165) is 23.2 Å². The van der Waals surface area contributed by atoms with Crippen LogP contribution in [0, 0.1) is 0 Å². The molecule has 0 saturated heterocycles. The summed E-state index contributed by atoms with van der Waals surface area (Å²) in [7, 11) is 0. The average molecular weight is 260 g/mol. The van der Waals surface area contributed by atoms with Gasteiger partial charge in [-0.3, -0.25) is 4.98 Å². The summed E-state index contributed by atoms with van der Waals surface area (Å²) in [5.41, 5.74) is 3.06. The van der Waals surface area contributed by atoms with Crippen molar-refractivity contribution in [2.45, 2.75) is 32.0 Å². The number of thiazole rings is 1. The van der Waals surface area contributed by atoms with Crippen LogP contribution in [0.3, 0.4) is 0 Å². The third-order valence-electron chi connectivity index (χ3n) is 2.98. The Hall–Kier alpha value is -1.39. The van der Waals surface area contributed by atoms with E-state index in [1.807, 2.05) is 23.8 Å². The van der Waals surface area contributed by atoms with Crippen molar-refractivity contribution < 1.29 is 4.74 Å². The molecule has 2 aromatic rings. The number of hydrogen-bond acceptors (Lipinski definition) is 4. The topological polar surface area (TPSA) is 34.1 Å². The Kier molecular flexibility index (Phi) is 3.57. The Bertz CT molecular complexity index is 494. The molecule has 3 nitrogen and oxygen atoms in total. The lowest BCUT2D eigenvalue weighted by Gasteiger charge is -2.11. The van der Waals surface area contributed by atoms with Gasteiger partial charge in [0.05, 0.1) is 10.4 Å². The fraction of sp³-hybridized carbons (Fsp3) is 0.357. The van der Waals surface area contributed by atoms with E-state index in [-0.39, 0.29) is 0 Å². The molecule has 0 amide bonds. The van der Waals surface area contributed by atoms with Crippen LogP contribution in [0.4, 0.5) is 0 Å². The average Bonchev–Trinajstić information content (AvgIpc) is 3.09. The van der Waals surface area contributed by atoms with Gasteiger partial charge in [0.1, 0.15) is 12.4 Å². The molecule has 3 rings (SSSR count). The number of nitrogens with zero attached hydrogens (tertiary/aromatic N) is 1. The van der Waals surface area contributed by atoms with Crippen molar-refractivity contribution in [1.82, 2.24) is 10.3 Å². The van der Waals surface area contributed by atoms with E-state index < -0.39 is 0 Å². The minimum Gasteiger partial charge on any atom is -0.488 e. The molecular formula is C14H16N2OS. The Balaban J connectivity index is 1.62. The van der Waals surface area contributed by atoms with E-state index in [4.69, 9.17) is 4.74 Å². The molecule has 1 saturated carbocycles. The SMILES string of the molecule is c1ccc(OCc2cncs2)c(CNC2CC2)c1. The van der Waals surface area contributed by atoms with Crippen molar-refractivity contribution >= 4 is 11.3 Å². The normalized spacial score (nSPS) is 14.7. The Labute approximate surface area is 111 Å². The van der Waals surface area contributed by atoms with E-state index in [9.17, 15) is 0 Å². The fourth-order valence-corrected chi connectivity index (χ4v) is 2.30. The highest BCUT2D eigenvalue weighted by Gasteiger charge is 2.20. The molecule has 0 radical (unpaired) electrons. The number of nitrogens with one attached hydrogen (secondary N) is 1. The molecule has 4 heteroatoms. The summed E-state index contributed by atoms with van der Waals surface area (Å²) in [6.07, 6.45) is 4.48. The molecule has 1 aliphatic rings. The molecule has 1 heterocycles. The van der Waals surface area contributed by atoms with Gasteiger partial charge in [0.2, 0.25) is 0 Å². The van der Waals surface area contributed by atoms with Crippen LogP contribution in [0.2, 0.25) is 0 Å². The van der Waals surface area contributed by atoms with Crippen molar-refractivity contribution in [2.75, 3.05) is 0 Å². The molecule has 1 aliphatic carbocycles. The first kappa shape index (κ1) is 11.7. The maximum absolute atomic E-state index is 5.86. The number of rotatable bonds is 6. The van der Waals surface area contributed by atoms with Crippen LogP contribution in [0.15, 0.2) is 36.0 Å². The number of para-hydroxylation sites is 1. The molecule has 1 aromatic heterocycles. The van der Waals surface area contributed by atoms with Crippen molar-refractivity contribution in [3.05, 3.63) is 46.4 Å². The lowest BCUT2D eigenvalue weighted by Crippen LogP contribution is -2.16. The van der Waals surface area contributed by atoms with E-state index in [1.165, 1.54) is 18.4 Å². The molecule has 1 fully saturated rings. The Morgan fingerprint density at radius 3 is 3.00 bits per heavy atom. The zero-order valence-electron chi connectivity index (χ0n) is 10.1. The number of ether oxygens (including phenoxy) is 1.